The Balaban J connectivity index is 1.92. The van der Waals surface area contributed by atoms with Gasteiger partial charge < -0.3 is 5.32 Å². The lowest BCUT2D eigenvalue weighted by Gasteiger charge is -2.07. The number of hydrogen-bond acceptors (Lipinski definition) is 5. The number of rotatable bonds is 1. The van der Waals surface area contributed by atoms with Crippen LogP contribution in [0, 0.1) is 0 Å². The number of carbonyl (C=O) groups excluding carboxylic acids is 1. The number of nitrogens with zero attached hydrogens (tertiary/aromatic N) is 5. The Kier molecular flexibility index (Phi) is 2.89. The number of hydrogen-bond donors (Lipinski definition) is 1. The van der Waals surface area contributed by atoms with Gasteiger partial charge in [-0.15, -0.1) is 0 Å². The molecule has 3 heterocycles. The standard InChI is InChI=1S/C15H12N6O/c22-14(12-9-16-5-6-17-12)20-15-19-11-4-2-1-3-10(11)13-18-7-8-21(13)15/h1-6,9,18H,7-8H2. The van der Waals surface area contributed by atoms with E-state index in [1.165, 1.54) is 18.6 Å². The third kappa shape index (κ3) is 2.03. The summed E-state index contributed by atoms with van der Waals surface area (Å²) in [5.41, 5.74) is 1.39. The van der Waals surface area contributed by atoms with Gasteiger partial charge in [0.1, 0.15) is 11.5 Å². The molecule has 0 saturated carbocycles. The molecule has 2 aromatic heterocycles. The predicted octanol–water partition coefficient (Wildman–Crippen LogP) is 0.993. The summed E-state index contributed by atoms with van der Waals surface area (Å²) in [5.74, 6) is 0.494. The quantitative estimate of drug-likeness (QED) is 0.723. The minimum Gasteiger partial charge on any atom is -0.369 e. The first-order chi connectivity index (χ1) is 10.8. The van der Waals surface area contributed by atoms with Gasteiger partial charge in [0.2, 0.25) is 5.62 Å². The topological polar surface area (TPSA) is 85.1 Å². The number of benzene rings is 1. The van der Waals surface area contributed by atoms with Crippen molar-refractivity contribution in [2.45, 2.75) is 6.54 Å². The first-order valence-electron chi connectivity index (χ1n) is 6.91. The molecule has 1 aliphatic heterocycles. The molecular weight excluding hydrogens is 280 g/mol. The summed E-state index contributed by atoms with van der Waals surface area (Å²) in [6, 6.07) is 7.78. The highest BCUT2D eigenvalue weighted by molar-refractivity contribution is 5.93. The van der Waals surface area contributed by atoms with E-state index in [1.807, 2.05) is 28.8 Å². The predicted molar refractivity (Wildman–Crippen MR) is 80.1 cm³/mol. The summed E-state index contributed by atoms with van der Waals surface area (Å²) in [4.78, 5) is 28.7. The smallest absolute Gasteiger partial charge is 0.300 e. The summed E-state index contributed by atoms with van der Waals surface area (Å²) in [7, 11) is 0. The van der Waals surface area contributed by atoms with Crippen LogP contribution in [0.3, 0.4) is 0 Å². The lowest BCUT2D eigenvalue weighted by atomic mass is 10.2. The van der Waals surface area contributed by atoms with E-state index < -0.39 is 5.91 Å². The van der Waals surface area contributed by atoms with Crippen LogP contribution in [0.5, 0.6) is 0 Å². The van der Waals surface area contributed by atoms with Crippen molar-refractivity contribution in [2.24, 2.45) is 4.99 Å². The molecule has 1 aliphatic rings. The summed E-state index contributed by atoms with van der Waals surface area (Å²) in [5, 5.41) is 4.34. The van der Waals surface area contributed by atoms with Gasteiger partial charge in [-0.05, 0) is 12.1 Å². The number of fused-ring (bicyclic) bond motifs is 3. The van der Waals surface area contributed by atoms with Crippen molar-refractivity contribution < 1.29 is 4.79 Å². The second-order valence-electron chi connectivity index (χ2n) is 4.86. The molecule has 1 amide bonds. The fraction of sp³-hybridized carbons (Fsp3) is 0.133. The van der Waals surface area contributed by atoms with E-state index in [9.17, 15) is 4.79 Å². The normalized spacial score (nSPS) is 13.9. The Labute approximate surface area is 125 Å². The molecule has 1 aromatic carbocycles. The van der Waals surface area contributed by atoms with Gasteiger partial charge in [-0.1, -0.05) is 12.1 Å². The summed E-state index contributed by atoms with van der Waals surface area (Å²) >= 11 is 0. The monoisotopic (exact) mass is 292 g/mol. The van der Waals surface area contributed by atoms with Crippen LogP contribution in [0.4, 0.5) is 5.82 Å². The van der Waals surface area contributed by atoms with E-state index in [1.54, 1.807) is 0 Å². The van der Waals surface area contributed by atoms with E-state index in [0.29, 0.717) is 5.62 Å². The van der Waals surface area contributed by atoms with Gasteiger partial charge in [-0.2, -0.15) is 4.99 Å². The number of para-hydroxylation sites is 1. The molecular formula is C15H12N6O. The molecule has 3 aromatic rings. The Morgan fingerprint density at radius 2 is 2.18 bits per heavy atom. The molecule has 108 valence electrons. The van der Waals surface area contributed by atoms with Crippen LogP contribution in [-0.4, -0.2) is 32.0 Å². The summed E-state index contributed by atoms with van der Waals surface area (Å²) in [6.07, 6.45) is 4.38. The van der Waals surface area contributed by atoms with Crippen molar-refractivity contribution in [2.75, 3.05) is 11.9 Å². The maximum absolute atomic E-state index is 12.2. The van der Waals surface area contributed by atoms with Crippen molar-refractivity contribution in [3.63, 3.8) is 0 Å². The van der Waals surface area contributed by atoms with Crippen LogP contribution in [-0.2, 0) is 6.54 Å². The van der Waals surface area contributed by atoms with E-state index in [0.717, 1.165) is 29.8 Å². The average molecular weight is 292 g/mol. The second kappa shape index (κ2) is 5.03. The molecule has 4 rings (SSSR count). The maximum Gasteiger partial charge on any atom is 0.300 e. The molecule has 7 heteroatoms. The van der Waals surface area contributed by atoms with Gasteiger partial charge in [-0.25, -0.2) is 9.97 Å². The first-order valence-corrected chi connectivity index (χ1v) is 6.91. The number of amides is 1. The number of anilines is 1. The molecule has 0 radical (unpaired) electrons. The lowest BCUT2D eigenvalue weighted by molar-refractivity contribution is 0.0991. The fourth-order valence-electron chi connectivity index (χ4n) is 2.52. The third-order valence-electron chi connectivity index (χ3n) is 3.50. The van der Waals surface area contributed by atoms with Crippen LogP contribution in [0.1, 0.15) is 10.5 Å². The molecule has 0 spiro atoms. The Morgan fingerprint density at radius 3 is 3.05 bits per heavy atom. The van der Waals surface area contributed by atoms with E-state index in [-0.39, 0.29) is 5.69 Å². The first kappa shape index (κ1) is 12.6. The largest absolute Gasteiger partial charge is 0.369 e. The van der Waals surface area contributed by atoms with Gasteiger partial charge in [0.05, 0.1) is 11.7 Å². The molecule has 7 nitrogen and oxygen atoms in total. The minimum absolute atomic E-state index is 0.206. The van der Waals surface area contributed by atoms with Gasteiger partial charge in [0, 0.05) is 30.9 Å². The van der Waals surface area contributed by atoms with Crippen molar-refractivity contribution in [3.05, 3.63) is 54.2 Å². The minimum atomic E-state index is -0.447. The van der Waals surface area contributed by atoms with E-state index in [2.05, 4.69) is 25.3 Å². The Bertz CT molecular complexity index is 932. The molecule has 22 heavy (non-hydrogen) atoms. The Morgan fingerprint density at radius 1 is 1.27 bits per heavy atom. The molecule has 1 N–H and O–H groups in total. The summed E-state index contributed by atoms with van der Waals surface area (Å²) in [6.45, 7) is 1.51. The maximum atomic E-state index is 12.2. The number of nitrogens with one attached hydrogen (secondary N) is 1. The van der Waals surface area contributed by atoms with Crippen LogP contribution >= 0.6 is 0 Å². The highest BCUT2D eigenvalue weighted by atomic mass is 16.1. The molecule has 0 saturated heterocycles. The highest BCUT2D eigenvalue weighted by Crippen LogP contribution is 2.22. The van der Waals surface area contributed by atoms with Crippen molar-refractivity contribution in [1.82, 2.24) is 19.5 Å². The molecule has 0 atom stereocenters. The van der Waals surface area contributed by atoms with Crippen molar-refractivity contribution >= 4 is 22.6 Å². The highest BCUT2D eigenvalue weighted by Gasteiger charge is 2.16. The van der Waals surface area contributed by atoms with Crippen LogP contribution in [0.15, 0.2) is 47.8 Å². The molecule has 0 aliphatic carbocycles. The average Bonchev–Trinajstić information content (AvgIpc) is 3.06. The SMILES string of the molecule is O=C(N=c1nc2ccccc2c2n1CCN2)c1cnccn1. The van der Waals surface area contributed by atoms with Crippen molar-refractivity contribution in [1.29, 1.82) is 0 Å². The molecule has 0 bridgehead atoms. The Hall–Kier alpha value is -3.09. The van der Waals surface area contributed by atoms with Crippen molar-refractivity contribution in [3.8, 4) is 0 Å². The van der Waals surface area contributed by atoms with Crippen LogP contribution in [0.25, 0.3) is 10.9 Å². The van der Waals surface area contributed by atoms with Gasteiger partial charge in [0.15, 0.2) is 0 Å². The second-order valence-corrected chi connectivity index (χ2v) is 4.86. The van der Waals surface area contributed by atoms with E-state index >= 15 is 0 Å². The van der Waals surface area contributed by atoms with E-state index in [4.69, 9.17) is 0 Å². The zero-order valence-corrected chi connectivity index (χ0v) is 11.6. The van der Waals surface area contributed by atoms with Crippen LogP contribution in [0.2, 0.25) is 0 Å². The summed E-state index contributed by atoms with van der Waals surface area (Å²) < 4.78 is 1.91. The lowest BCUT2D eigenvalue weighted by Crippen LogP contribution is -2.25. The fourth-order valence-corrected chi connectivity index (χ4v) is 2.52. The number of carbonyl (C=O) groups is 1. The van der Waals surface area contributed by atoms with Gasteiger partial charge >= 0.3 is 0 Å². The third-order valence-corrected chi connectivity index (χ3v) is 3.50. The van der Waals surface area contributed by atoms with Gasteiger partial charge in [-0.3, -0.25) is 14.3 Å². The molecule has 0 unspecified atom stereocenters. The molecule has 0 fully saturated rings. The van der Waals surface area contributed by atoms with Crippen LogP contribution < -0.4 is 10.9 Å². The zero-order chi connectivity index (χ0) is 14.9. The number of aromatic nitrogens is 4. The zero-order valence-electron chi connectivity index (χ0n) is 11.6. The van der Waals surface area contributed by atoms with Gasteiger partial charge in [0.25, 0.3) is 5.91 Å².